The van der Waals surface area contributed by atoms with Crippen LogP contribution in [0.3, 0.4) is 0 Å². The highest BCUT2D eigenvalue weighted by Gasteiger charge is 2.21. The third kappa shape index (κ3) is 43.1. The first kappa shape index (κ1) is 57.0. The van der Waals surface area contributed by atoms with Crippen molar-refractivity contribution >= 4 is 17.9 Å². The molecule has 0 aromatic rings. The van der Waals surface area contributed by atoms with Crippen LogP contribution in [0.25, 0.3) is 0 Å². The number of esters is 2. The van der Waals surface area contributed by atoms with Gasteiger partial charge in [0.2, 0.25) is 0 Å². The first-order chi connectivity index (χ1) is 29.1. The highest BCUT2D eigenvalue weighted by Crippen LogP contribution is 2.13. The highest BCUT2D eigenvalue weighted by atomic mass is 16.7. The predicted molar refractivity (Wildman–Crippen MR) is 246 cm³/mol. The van der Waals surface area contributed by atoms with Crippen LogP contribution < -0.4 is 5.11 Å². The van der Waals surface area contributed by atoms with E-state index in [2.05, 4.69) is 74.6 Å². The van der Waals surface area contributed by atoms with Crippen molar-refractivity contribution in [1.29, 1.82) is 0 Å². The number of ether oxygens (including phenoxy) is 4. The number of nitrogens with zero attached hydrogens (tertiary/aromatic N) is 1. The van der Waals surface area contributed by atoms with E-state index < -0.39 is 24.3 Å². The summed E-state index contributed by atoms with van der Waals surface area (Å²) < 4.78 is 22.6. The summed E-state index contributed by atoms with van der Waals surface area (Å²) in [6.45, 7) is 4.59. The number of unbranched alkanes of at least 4 members (excludes halogenated alkanes) is 18. The number of carbonyl (C=O) groups is 3. The minimum atomic E-state index is -1.63. The van der Waals surface area contributed by atoms with Crippen molar-refractivity contribution in [2.45, 2.75) is 200 Å². The molecule has 0 aliphatic carbocycles. The number of hydrogen-bond acceptors (Lipinski definition) is 8. The second kappa shape index (κ2) is 42.7. The maximum Gasteiger partial charge on any atom is 0.306 e. The molecule has 0 radical (unpaired) electrons. The van der Waals surface area contributed by atoms with Gasteiger partial charge in [-0.1, -0.05) is 158 Å². The molecule has 0 rings (SSSR count). The van der Waals surface area contributed by atoms with Crippen molar-refractivity contribution in [2.75, 3.05) is 47.5 Å². The van der Waals surface area contributed by atoms with Crippen LogP contribution in [0.2, 0.25) is 0 Å². The molecule has 0 saturated heterocycles. The van der Waals surface area contributed by atoms with Crippen molar-refractivity contribution in [3.63, 3.8) is 0 Å². The van der Waals surface area contributed by atoms with Gasteiger partial charge in [0, 0.05) is 12.8 Å². The van der Waals surface area contributed by atoms with Gasteiger partial charge >= 0.3 is 11.9 Å². The fourth-order valence-corrected chi connectivity index (χ4v) is 6.28. The van der Waals surface area contributed by atoms with Gasteiger partial charge in [0.1, 0.15) is 13.2 Å². The van der Waals surface area contributed by atoms with E-state index in [1.54, 1.807) is 0 Å². The van der Waals surface area contributed by atoms with E-state index in [9.17, 15) is 19.5 Å². The Labute approximate surface area is 367 Å². The molecule has 0 aliphatic rings. The van der Waals surface area contributed by atoms with Gasteiger partial charge < -0.3 is 33.3 Å². The lowest BCUT2D eigenvalue weighted by Gasteiger charge is -2.26. The van der Waals surface area contributed by atoms with Crippen LogP contribution in [-0.4, -0.2) is 82.3 Å². The van der Waals surface area contributed by atoms with Crippen LogP contribution in [0.1, 0.15) is 187 Å². The smallest absolute Gasteiger partial charge is 0.306 e. The summed E-state index contributed by atoms with van der Waals surface area (Å²) in [4.78, 5) is 37.1. The van der Waals surface area contributed by atoms with Gasteiger partial charge in [0.05, 0.1) is 40.3 Å². The molecule has 0 bridgehead atoms. The van der Waals surface area contributed by atoms with Crippen molar-refractivity contribution < 1.29 is 42.9 Å². The summed E-state index contributed by atoms with van der Waals surface area (Å²) in [6, 6.07) is 0. The number of carboxylic acid groups (broad SMARTS) is 1. The molecule has 0 N–H and O–H groups in total. The molecule has 0 heterocycles. The number of carbonyl (C=O) groups excluding carboxylic acids is 3. The fraction of sp³-hybridized carbons (Fsp3) is 0.745. The topological polar surface area (TPSA) is 111 Å². The SMILES string of the molecule is CC/C=C\C/C=C\C/C=C\C/C=C\CCCCCCC(=O)OC(COC(=O)CCCCCCCCC/C=C\CCCCCCCCC)COC(OCC[N+](C)(C)C)C(=O)[O-]. The van der Waals surface area contributed by atoms with E-state index in [0.29, 0.717) is 17.4 Å². The number of rotatable bonds is 43. The molecule has 0 aromatic heterocycles. The molecule has 0 spiro atoms. The third-order valence-corrected chi connectivity index (χ3v) is 10.00. The van der Waals surface area contributed by atoms with E-state index in [1.807, 2.05) is 21.1 Å². The van der Waals surface area contributed by atoms with E-state index >= 15 is 0 Å². The van der Waals surface area contributed by atoms with Crippen LogP contribution in [0.15, 0.2) is 60.8 Å². The Hall–Kier alpha value is -3.01. The number of likely N-dealkylation sites (N-methyl/N-ethyl adjacent to an activating group) is 1. The quantitative estimate of drug-likeness (QED) is 0.0196. The minimum Gasteiger partial charge on any atom is -0.545 e. The lowest BCUT2D eigenvalue weighted by atomic mass is 10.1. The molecular formula is C51H89NO8. The molecule has 0 aromatic carbocycles. The van der Waals surface area contributed by atoms with Crippen molar-refractivity contribution in [3.8, 4) is 0 Å². The molecule has 0 saturated carbocycles. The number of quaternary nitrogens is 1. The van der Waals surface area contributed by atoms with Gasteiger partial charge in [-0.25, -0.2) is 0 Å². The average molecular weight is 844 g/mol. The number of hydrogen-bond donors (Lipinski definition) is 0. The van der Waals surface area contributed by atoms with Crippen molar-refractivity contribution in [3.05, 3.63) is 60.8 Å². The molecule has 60 heavy (non-hydrogen) atoms. The summed E-state index contributed by atoms with van der Waals surface area (Å²) in [5.74, 6) is -2.33. The van der Waals surface area contributed by atoms with Gasteiger partial charge in [-0.2, -0.15) is 0 Å². The zero-order valence-corrected chi connectivity index (χ0v) is 39.1. The molecular weight excluding hydrogens is 755 g/mol. The molecule has 0 fully saturated rings. The van der Waals surface area contributed by atoms with Crippen LogP contribution in [0.5, 0.6) is 0 Å². The minimum absolute atomic E-state index is 0.139. The first-order valence-electron chi connectivity index (χ1n) is 23.9. The summed E-state index contributed by atoms with van der Waals surface area (Å²) in [7, 11) is 5.90. The number of allylic oxidation sites excluding steroid dienone is 10. The monoisotopic (exact) mass is 844 g/mol. The lowest BCUT2D eigenvalue weighted by molar-refractivity contribution is -0.870. The van der Waals surface area contributed by atoms with Gasteiger partial charge in [-0.3, -0.25) is 9.59 Å². The Morgan fingerprint density at radius 2 is 0.950 bits per heavy atom. The Bertz CT molecular complexity index is 1170. The molecule has 0 amide bonds. The van der Waals surface area contributed by atoms with E-state index in [1.165, 1.54) is 70.6 Å². The summed E-state index contributed by atoms with van der Waals surface area (Å²) >= 11 is 0. The zero-order chi connectivity index (χ0) is 44.2. The molecule has 9 heteroatoms. The van der Waals surface area contributed by atoms with E-state index in [0.717, 1.165) is 83.5 Å². The Morgan fingerprint density at radius 3 is 1.43 bits per heavy atom. The second-order valence-electron chi connectivity index (χ2n) is 17.0. The molecule has 2 unspecified atom stereocenters. The predicted octanol–water partition coefficient (Wildman–Crippen LogP) is 11.6. The van der Waals surface area contributed by atoms with Gasteiger partial charge in [0.25, 0.3) is 0 Å². The standard InChI is InChI=1S/C51H89NO8/c1-6-8-10-12-14-16-18-20-22-24-26-27-29-31-33-35-37-39-41-48(53)58-45-47(46-59-51(50(55)56)57-44-43-52(3,4)5)60-49(54)42-40-38-36-34-32-30-28-25-23-21-19-17-15-13-11-9-7-2/h9,11,15,17,21-24,28,30,47,51H,6-8,10,12-14,16,18-20,25-27,29,31-46H2,1-5H3/b11-9-,17-15-,23-21-,24-22-,30-28-. The average Bonchev–Trinajstić information content (AvgIpc) is 3.21. The van der Waals surface area contributed by atoms with E-state index in [-0.39, 0.29) is 38.6 Å². The zero-order valence-electron chi connectivity index (χ0n) is 39.1. The highest BCUT2D eigenvalue weighted by molar-refractivity contribution is 5.70. The van der Waals surface area contributed by atoms with Crippen LogP contribution in [0, 0.1) is 0 Å². The third-order valence-electron chi connectivity index (χ3n) is 10.00. The number of carboxylic acids is 1. The van der Waals surface area contributed by atoms with Gasteiger partial charge in [0.15, 0.2) is 12.4 Å². The normalized spacial score (nSPS) is 13.4. The van der Waals surface area contributed by atoms with Crippen LogP contribution in [-0.2, 0) is 33.3 Å². The molecule has 2 atom stereocenters. The largest absolute Gasteiger partial charge is 0.545 e. The second-order valence-corrected chi connectivity index (χ2v) is 17.0. The number of aliphatic carboxylic acids is 1. The van der Waals surface area contributed by atoms with Crippen molar-refractivity contribution in [1.82, 2.24) is 0 Å². The van der Waals surface area contributed by atoms with Crippen molar-refractivity contribution in [2.24, 2.45) is 0 Å². The van der Waals surface area contributed by atoms with Gasteiger partial charge in [-0.05, 0) is 77.0 Å². The maximum absolute atomic E-state index is 12.8. The van der Waals surface area contributed by atoms with Crippen LogP contribution in [0.4, 0.5) is 0 Å². The van der Waals surface area contributed by atoms with Gasteiger partial charge in [-0.15, -0.1) is 0 Å². The summed E-state index contributed by atoms with van der Waals surface area (Å²) in [6.07, 6.45) is 48.2. The summed E-state index contributed by atoms with van der Waals surface area (Å²) in [5.41, 5.74) is 0. The Kier molecular flexibility index (Phi) is 40.5. The lowest BCUT2D eigenvalue weighted by Crippen LogP contribution is -2.44. The molecule has 346 valence electrons. The maximum atomic E-state index is 12.8. The first-order valence-corrected chi connectivity index (χ1v) is 23.9. The Balaban J connectivity index is 4.45. The summed E-state index contributed by atoms with van der Waals surface area (Å²) in [5, 5.41) is 11.7. The van der Waals surface area contributed by atoms with Crippen LogP contribution >= 0.6 is 0 Å². The molecule has 9 nitrogen and oxygen atoms in total. The Morgan fingerprint density at radius 1 is 0.517 bits per heavy atom. The molecule has 0 aliphatic heterocycles. The van der Waals surface area contributed by atoms with E-state index in [4.69, 9.17) is 18.9 Å². The fourth-order valence-electron chi connectivity index (χ4n) is 6.28.